The molecule has 1 spiro atoms. The molecule has 2 amide bonds. The summed E-state index contributed by atoms with van der Waals surface area (Å²) in [6.45, 7) is 1.59. The van der Waals surface area contributed by atoms with Crippen molar-refractivity contribution in [3.05, 3.63) is 35.6 Å². The van der Waals surface area contributed by atoms with Gasteiger partial charge >= 0.3 is 6.03 Å². The van der Waals surface area contributed by atoms with Crippen LogP contribution in [0.3, 0.4) is 0 Å². The van der Waals surface area contributed by atoms with E-state index in [4.69, 9.17) is 0 Å². The van der Waals surface area contributed by atoms with Crippen LogP contribution in [0.1, 0.15) is 31.2 Å². The van der Waals surface area contributed by atoms with Gasteiger partial charge in [-0.3, -0.25) is 4.90 Å². The van der Waals surface area contributed by atoms with Crippen LogP contribution >= 0.6 is 0 Å². The highest BCUT2D eigenvalue weighted by atomic mass is 19.1. The van der Waals surface area contributed by atoms with Gasteiger partial charge in [-0.25, -0.2) is 9.18 Å². The highest BCUT2D eigenvalue weighted by Crippen LogP contribution is 2.56. The molecule has 124 valence electrons. The third-order valence-electron chi connectivity index (χ3n) is 5.99. The van der Waals surface area contributed by atoms with Gasteiger partial charge in [-0.05, 0) is 63.4 Å². The number of carbonyl (C=O) groups excluding carboxylic acids is 1. The van der Waals surface area contributed by atoms with E-state index >= 15 is 0 Å². The Morgan fingerprint density at radius 1 is 1.35 bits per heavy atom. The molecule has 2 aliphatic carbocycles. The Kier molecular flexibility index (Phi) is 3.21. The van der Waals surface area contributed by atoms with Crippen LogP contribution < -0.4 is 5.32 Å². The topological polar surface area (TPSA) is 35.6 Å². The second-order valence-electron chi connectivity index (χ2n) is 7.73. The molecule has 0 unspecified atom stereocenters. The summed E-state index contributed by atoms with van der Waals surface area (Å²) in [4.78, 5) is 16.5. The van der Waals surface area contributed by atoms with Gasteiger partial charge in [-0.1, -0.05) is 12.1 Å². The first-order valence-electron chi connectivity index (χ1n) is 8.44. The molecule has 0 aromatic heterocycles. The molecule has 1 aromatic carbocycles. The Hall–Kier alpha value is -1.62. The van der Waals surface area contributed by atoms with Crippen molar-refractivity contribution in [1.82, 2.24) is 15.1 Å². The minimum atomic E-state index is -0.194. The van der Waals surface area contributed by atoms with Gasteiger partial charge in [-0.2, -0.15) is 0 Å². The normalized spacial score (nSPS) is 33.2. The molecule has 3 fully saturated rings. The van der Waals surface area contributed by atoms with E-state index in [-0.39, 0.29) is 22.9 Å². The van der Waals surface area contributed by atoms with Crippen molar-refractivity contribution in [1.29, 1.82) is 0 Å². The summed E-state index contributed by atoms with van der Waals surface area (Å²) in [7, 11) is 4.10. The van der Waals surface area contributed by atoms with E-state index < -0.39 is 0 Å². The molecule has 5 heteroatoms. The summed E-state index contributed by atoms with van der Waals surface area (Å²) >= 11 is 0. The van der Waals surface area contributed by atoms with Crippen molar-refractivity contribution >= 4 is 6.03 Å². The number of hydrogen-bond acceptors (Lipinski definition) is 2. The zero-order valence-corrected chi connectivity index (χ0v) is 13.8. The van der Waals surface area contributed by atoms with Crippen molar-refractivity contribution in [2.45, 2.75) is 36.8 Å². The first kappa shape index (κ1) is 14.9. The third-order valence-corrected chi connectivity index (χ3v) is 5.99. The van der Waals surface area contributed by atoms with Gasteiger partial charge in [0.2, 0.25) is 0 Å². The lowest BCUT2D eigenvalue weighted by atomic mass is 9.58. The number of urea groups is 1. The zero-order valence-electron chi connectivity index (χ0n) is 13.8. The minimum Gasteiger partial charge on any atom is -0.336 e. The van der Waals surface area contributed by atoms with E-state index in [0.29, 0.717) is 12.5 Å². The lowest BCUT2D eigenvalue weighted by Crippen LogP contribution is -2.67. The standard InChI is InChI=1S/C18H24FN3O/c1-21(2)18(14-4-3-5-15(19)8-14)10-17(11-18)12-20-16(23)22(17)9-13-6-7-13/h3-5,8,13H,6-7,9-12H2,1-2H3,(H,20,23)/t17-,18+. The van der Waals surface area contributed by atoms with E-state index in [0.717, 1.165) is 24.9 Å². The van der Waals surface area contributed by atoms with Crippen LogP contribution in [0.5, 0.6) is 0 Å². The molecule has 1 saturated heterocycles. The predicted molar refractivity (Wildman–Crippen MR) is 86.6 cm³/mol. The van der Waals surface area contributed by atoms with Crippen LogP contribution in [0.4, 0.5) is 9.18 Å². The molecule has 0 radical (unpaired) electrons. The molecule has 2 saturated carbocycles. The van der Waals surface area contributed by atoms with Crippen molar-refractivity contribution < 1.29 is 9.18 Å². The second-order valence-corrected chi connectivity index (χ2v) is 7.73. The smallest absolute Gasteiger partial charge is 0.318 e. The van der Waals surface area contributed by atoms with E-state index in [1.165, 1.54) is 18.9 Å². The van der Waals surface area contributed by atoms with E-state index in [2.05, 4.69) is 15.1 Å². The Morgan fingerprint density at radius 3 is 2.70 bits per heavy atom. The zero-order chi connectivity index (χ0) is 16.2. The molecular formula is C18H24FN3O. The number of nitrogens with zero attached hydrogens (tertiary/aromatic N) is 2. The van der Waals surface area contributed by atoms with Gasteiger partial charge in [0.15, 0.2) is 0 Å². The highest BCUT2D eigenvalue weighted by molar-refractivity contribution is 5.78. The molecule has 4 rings (SSSR count). The van der Waals surface area contributed by atoms with Crippen LogP contribution in [-0.4, -0.2) is 48.6 Å². The van der Waals surface area contributed by atoms with Gasteiger partial charge in [0.05, 0.1) is 11.1 Å². The number of halogens is 1. The fraction of sp³-hybridized carbons (Fsp3) is 0.611. The van der Waals surface area contributed by atoms with Crippen molar-refractivity contribution in [3.63, 3.8) is 0 Å². The average molecular weight is 317 g/mol. The number of carbonyl (C=O) groups is 1. The predicted octanol–water partition coefficient (Wildman–Crippen LogP) is 2.55. The van der Waals surface area contributed by atoms with Crippen LogP contribution in [0.2, 0.25) is 0 Å². The number of amides is 2. The molecule has 3 aliphatic rings. The van der Waals surface area contributed by atoms with Crippen LogP contribution in [0.15, 0.2) is 24.3 Å². The van der Waals surface area contributed by atoms with Gasteiger partial charge in [0, 0.05) is 13.1 Å². The fourth-order valence-electron chi connectivity index (χ4n) is 4.39. The quantitative estimate of drug-likeness (QED) is 0.926. The maximum Gasteiger partial charge on any atom is 0.318 e. The van der Waals surface area contributed by atoms with Gasteiger partial charge in [-0.15, -0.1) is 0 Å². The summed E-state index contributed by atoms with van der Waals surface area (Å²) < 4.78 is 13.7. The highest BCUT2D eigenvalue weighted by Gasteiger charge is 2.63. The maximum atomic E-state index is 13.7. The first-order chi connectivity index (χ1) is 11.0. The van der Waals surface area contributed by atoms with Crippen LogP contribution in [-0.2, 0) is 5.54 Å². The Labute approximate surface area is 136 Å². The fourth-order valence-corrected chi connectivity index (χ4v) is 4.39. The number of nitrogens with one attached hydrogen (secondary N) is 1. The van der Waals surface area contributed by atoms with E-state index in [1.54, 1.807) is 12.1 Å². The van der Waals surface area contributed by atoms with E-state index in [1.807, 2.05) is 20.2 Å². The summed E-state index contributed by atoms with van der Waals surface area (Å²) in [5.74, 6) is 0.486. The van der Waals surface area contributed by atoms with Gasteiger partial charge < -0.3 is 10.2 Å². The Balaban J connectivity index is 1.62. The molecule has 1 aliphatic heterocycles. The lowest BCUT2D eigenvalue weighted by molar-refractivity contribution is -0.0686. The van der Waals surface area contributed by atoms with Gasteiger partial charge in [0.1, 0.15) is 5.82 Å². The van der Waals surface area contributed by atoms with Crippen LogP contribution in [0.25, 0.3) is 0 Å². The van der Waals surface area contributed by atoms with E-state index in [9.17, 15) is 9.18 Å². The average Bonchev–Trinajstić information content (AvgIpc) is 3.22. The second kappa shape index (κ2) is 4.94. The monoisotopic (exact) mass is 317 g/mol. The summed E-state index contributed by atoms with van der Waals surface area (Å²) in [5.41, 5.74) is 0.728. The molecule has 1 aromatic rings. The molecular weight excluding hydrogens is 293 g/mol. The number of benzene rings is 1. The first-order valence-corrected chi connectivity index (χ1v) is 8.44. The lowest BCUT2D eigenvalue weighted by Gasteiger charge is -2.60. The molecule has 1 N–H and O–H groups in total. The molecule has 4 nitrogen and oxygen atoms in total. The molecule has 0 bridgehead atoms. The Morgan fingerprint density at radius 2 is 2.09 bits per heavy atom. The number of hydrogen-bond donors (Lipinski definition) is 1. The minimum absolute atomic E-state index is 0.0727. The largest absolute Gasteiger partial charge is 0.336 e. The summed E-state index contributed by atoms with van der Waals surface area (Å²) in [5, 5.41) is 3.03. The molecule has 1 heterocycles. The molecule has 23 heavy (non-hydrogen) atoms. The van der Waals surface area contributed by atoms with Crippen LogP contribution in [0, 0.1) is 11.7 Å². The summed E-state index contributed by atoms with van der Waals surface area (Å²) in [6, 6.07) is 6.99. The number of rotatable bonds is 4. The SMILES string of the molecule is CN(C)[C@]1(c2cccc(F)c2)C[C@@]2(CNC(=O)N2CC2CC2)C1. The Bertz CT molecular complexity index is 635. The molecule has 0 atom stereocenters. The summed E-state index contributed by atoms with van der Waals surface area (Å²) in [6.07, 6.45) is 4.20. The van der Waals surface area contributed by atoms with Crippen molar-refractivity contribution in [2.75, 3.05) is 27.2 Å². The van der Waals surface area contributed by atoms with Crippen molar-refractivity contribution in [3.8, 4) is 0 Å². The third kappa shape index (κ3) is 2.24. The van der Waals surface area contributed by atoms with Gasteiger partial charge in [0.25, 0.3) is 0 Å². The maximum absolute atomic E-state index is 13.7. The van der Waals surface area contributed by atoms with Crippen molar-refractivity contribution in [2.24, 2.45) is 5.92 Å².